The molecule has 4 nitrogen and oxygen atoms in total. The van der Waals surface area contributed by atoms with Gasteiger partial charge in [-0.25, -0.2) is 0 Å². The van der Waals surface area contributed by atoms with Crippen molar-refractivity contribution in [2.75, 3.05) is 13.1 Å². The molecule has 1 atom stereocenters. The third kappa shape index (κ3) is 4.28. The molecule has 1 aromatic rings. The predicted molar refractivity (Wildman–Crippen MR) is 82.6 cm³/mol. The minimum Gasteiger partial charge on any atom is -0.481 e. The SMILES string of the molecule is NC(=S)Cc1cccc(CN2CCCC(C(=O)O)C2)c1. The smallest absolute Gasteiger partial charge is 0.307 e. The van der Waals surface area contributed by atoms with Crippen molar-refractivity contribution in [3.8, 4) is 0 Å². The van der Waals surface area contributed by atoms with E-state index in [9.17, 15) is 4.79 Å². The van der Waals surface area contributed by atoms with E-state index in [1.165, 1.54) is 5.56 Å². The zero-order valence-corrected chi connectivity index (χ0v) is 12.2. The van der Waals surface area contributed by atoms with Crippen molar-refractivity contribution in [1.82, 2.24) is 4.90 Å². The van der Waals surface area contributed by atoms with Crippen LogP contribution in [0.2, 0.25) is 0 Å². The van der Waals surface area contributed by atoms with Gasteiger partial charge in [-0.1, -0.05) is 36.5 Å². The highest BCUT2D eigenvalue weighted by atomic mass is 32.1. The van der Waals surface area contributed by atoms with Crippen molar-refractivity contribution in [3.63, 3.8) is 0 Å². The normalized spacial score (nSPS) is 19.7. The summed E-state index contributed by atoms with van der Waals surface area (Å²) in [6, 6.07) is 8.18. The number of thiocarbonyl (C=S) groups is 1. The van der Waals surface area contributed by atoms with Gasteiger partial charge in [0.1, 0.15) is 0 Å². The minimum atomic E-state index is -0.683. The van der Waals surface area contributed by atoms with Crippen LogP contribution < -0.4 is 5.73 Å². The Kier molecular flexibility index (Phi) is 5.09. The number of carboxylic acids is 1. The van der Waals surface area contributed by atoms with Gasteiger partial charge in [-0.05, 0) is 30.5 Å². The Balaban J connectivity index is 1.98. The first-order valence-electron chi connectivity index (χ1n) is 6.86. The molecule has 0 spiro atoms. The first kappa shape index (κ1) is 14.9. The number of piperidine rings is 1. The van der Waals surface area contributed by atoms with E-state index in [0.29, 0.717) is 18.0 Å². The lowest BCUT2D eigenvalue weighted by Crippen LogP contribution is -2.38. The Morgan fingerprint density at radius 1 is 1.45 bits per heavy atom. The topological polar surface area (TPSA) is 66.6 Å². The van der Waals surface area contributed by atoms with Gasteiger partial charge < -0.3 is 10.8 Å². The summed E-state index contributed by atoms with van der Waals surface area (Å²) >= 11 is 4.93. The number of benzene rings is 1. The van der Waals surface area contributed by atoms with E-state index >= 15 is 0 Å². The van der Waals surface area contributed by atoms with Crippen LogP contribution in [0.3, 0.4) is 0 Å². The van der Waals surface area contributed by atoms with Crippen LogP contribution in [0, 0.1) is 5.92 Å². The lowest BCUT2D eigenvalue weighted by atomic mass is 9.97. The molecule has 0 aliphatic carbocycles. The van der Waals surface area contributed by atoms with E-state index in [1.807, 2.05) is 12.1 Å². The largest absolute Gasteiger partial charge is 0.481 e. The fraction of sp³-hybridized carbons (Fsp3) is 0.467. The molecule has 0 amide bonds. The summed E-state index contributed by atoms with van der Waals surface area (Å²) in [4.78, 5) is 13.8. The molecule has 0 radical (unpaired) electrons. The molecule has 2 rings (SSSR count). The molecule has 1 aliphatic heterocycles. The molecule has 1 saturated heterocycles. The minimum absolute atomic E-state index is 0.233. The van der Waals surface area contributed by atoms with Crippen molar-refractivity contribution in [2.45, 2.75) is 25.8 Å². The Morgan fingerprint density at radius 2 is 2.20 bits per heavy atom. The van der Waals surface area contributed by atoms with Gasteiger partial charge in [0, 0.05) is 19.5 Å². The Morgan fingerprint density at radius 3 is 2.90 bits per heavy atom. The number of nitrogens with zero attached hydrogens (tertiary/aromatic N) is 1. The van der Waals surface area contributed by atoms with E-state index in [4.69, 9.17) is 23.1 Å². The second-order valence-corrected chi connectivity index (χ2v) is 5.90. The Bertz CT molecular complexity index is 504. The molecule has 108 valence electrons. The molecule has 0 saturated carbocycles. The van der Waals surface area contributed by atoms with Crippen LogP contribution in [0.1, 0.15) is 24.0 Å². The zero-order chi connectivity index (χ0) is 14.5. The van der Waals surface area contributed by atoms with E-state index in [2.05, 4.69) is 17.0 Å². The second-order valence-electron chi connectivity index (χ2n) is 5.38. The summed E-state index contributed by atoms with van der Waals surface area (Å²) in [5, 5.41) is 9.11. The van der Waals surface area contributed by atoms with Crippen LogP contribution in [0.5, 0.6) is 0 Å². The van der Waals surface area contributed by atoms with Gasteiger partial charge in [-0.3, -0.25) is 9.69 Å². The third-order valence-corrected chi connectivity index (χ3v) is 3.78. The summed E-state index contributed by atoms with van der Waals surface area (Å²) in [5.74, 6) is -0.916. The number of aliphatic carboxylic acids is 1. The van der Waals surface area contributed by atoms with Gasteiger partial charge in [-0.2, -0.15) is 0 Å². The van der Waals surface area contributed by atoms with Gasteiger partial charge in [0.2, 0.25) is 0 Å². The lowest BCUT2D eigenvalue weighted by molar-refractivity contribution is -0.143. The average Bonchev–Trinajstić information content (AvgIpc) is 2.38. The van der Waals surface area contributed by atoms with Crippen LogP contribution in [-0.4, -0.2) is 34.1 Å². The van der Waals surface area contributed by atoms with Gasteiger partial charge >= 0.3 is 5.97 Å². The number of carboxylic acid groups (broad SMARTS) is 1. The summed E-state index contributed by atoms with van der Waals surface area (Å²) in [6.45, 7) is 2.38. The fourth-order valence-electron chi connectivity index (χ4n) is 2.70. The number of hydrogen-bond acceptors (Lipinski definition) is 3. The third-order valence-electron chi connectivity index (χ3n) is 3.63. The summed E-state index contributed by atoms with van der Waals surface area (Å²) in [7, 11) is 0. The van der Waals surface area contributed by atoms with Crippen molar-refractivity contribution >= 4 is 23.2 Å². The molecule has 0 bridgehead atoms. The highest BCUT2D eigenvalue weighted by molar-refractivity contribution is 7.80. The molecule has 3 N–H and O–H groups in total. The van der Waals surface area contributed by atoms with Gasteiger partial charge in [0.15, 0.2) is 0 Å². The van der Waals surface area contributed by atoms with Gasteiger partial charge in [0.25, 0.3) is 0 Å². The van der Waals surface area contributed by atoms with E-state index in [-0.39, 0.29) is 5.92 Å². The predicted octanol–water partition coefficient (Wildman–Crippen LogP) is 1.81. The van der Waals surface area contributed by atoms with Crippen LogP contribution in [0.25, 0.3) is 0 Å². The van der Waals surface area contributed by atoms with Crippen LogP contribution >= 0.6 is 12.2 Å². The highest BCUT2D eigenvalue weighted by Gasteiger charge is 2.25. The van der Waals surface area contributed by atoms with Gasteiger partial charge in [0.05, 0.1) is 10.9 Å². The van der Waals surface area contributed by atoms with Crippen LogP contribution in [-0.2, 0) is 17.8 Å². The molecule has 1 unspecified atom stereocenters. The zero-order valence-electron chi connectivity index (χ0n) is 11.4. The maximum absolute atomic E-state index is 11.1. The lowest BCUT2D eigenvalue weighted by Gasteiger charge is -2.30. The molecular weight excluding hydrogens is 272 g/mol. The average molecular weight is 292 g/mol. The Hall–Kier alpha value is -1.46. The molecule has 1 aliphatic rings. The van der Waals surface area contributed by atoms with E-state index in [1.54, 1.807) is 0 Å². The summed E-state index contributed by atoms with van der Waals surface area (Å²) in [6.07, 6.45) is 2.35. The van der Waals surface area contributed by atoms with E-state index < -0.39 is 5.97 Å². The fourth-order valence-corrected chi connectivity index (χ4v) is 2.86. The monoisotopic (exact) mass is 292 g/mol. The van der Waals surface area contributed by atoms with Crippen LogP contribution in [0.4, 0.5) is 0 Å². The maximum atomic E-state index is 11.1. The summed E-state index contributed by atoms with van der Waals surface area (Å²) < 4.78 is 0. The number of nitrogens with two attached hydrogens (primary N) is 1. The van der Waals surface area contributed by atoms with Crippen molar-refractivity contribution in [1.29, 1.82) is 0 Å². The standard InChI is InChI=1S/C15H20N2O2S/c16-14(20)8-11-3-1-4-12(7-11)9-17-6-2-5-13(10-17)15(18)19/h1,3-4,7,13H,2,5-6,8-10H2,(H2,16,20)(H,18,19). The van der Waals surface area contributed by atoms with Gasteiger partial charge in [-0.15, -0.1) is 0 Å². The molecule has 0 aromatic heterocycles. The highest BCUT2D eigenvalue weighted by Crippen LogP contribution is 2.19. The summed E-state index contributed by atoms with van der Waals surface area (Å²) in [5.41, 5.74) is 7.86. The Labute approximate surface area is 124 Å². The second kappa shape index (κ2) is 6.81. The van der Waals surface area contributed by atoms with Crippen molar-refractivity contribution < 1.29 is 9.90 Å². The molecule has 5 heteroatoms. The first-order chi connectivity index (χ1) is 9.54. The molecule has 1 fully saturated rings. The molecular formula is C15H20N2O2S. The number of hydrogen-bond donors (Lipinski definition) is 2. The van der Waals surface area contributed by atoms with Crippen molar-refractivity contribution in [3.05, 3.63) is 35.4 Å². The van der Waals surface area contributed by atoms with Crippen LogP contribution in [0.15, 0.2) is 24.3 Å². The van der Waals surface area contributed by atoms with Crippen molar-refractivity contribution in [2.24, 2.45) is 11.7 Å². The maximum Gasteiger partial charge on any atom is 0.307 e. The molecule has 1 aromatic carbocycles. The number of carbonyl (C=O) groups is 1. The first-order valence-corrected chi connectivity index (χ1v) is 7.26. The molecule has 20 heavy (non-hydrogen) atoms. The quantitative estimate of drug-likeness (QED) is 0.810. The number of rotatable bonds is 5. The number of likely N-dealkylation sites (tertiary alicyclic amines) is 1. The van der Waals surface area contributed by atoms with E-state index in [0.717, 1.165) is 31.5 Å². The molecule has 1 heterocycles.